The van der Waals surface area contributed by atoms with E-state index in [9.17, 15) is 25.1 Å². The van der Waals surface area contributed by atoms with E-state index in [0.717, 1.165) is 32.0 Å². The summed E-state index contributed by atoms with van der Waals surface area (Å²) in [5, 5.41) is 35.1. The van der Waals surface area contributed by atoms with Crippen molar-refractivity contribution in [2.24, 2.45) is 5.92 Å². The highest BCUT2D eigenvalue weighted by atomic mass is 16.7. The van der Waals surface area contributed by atoms with Gasteiger partial charge in [-0.3, -0.25) is 9.69 Å². The monoisotopic (exact) mass is 530 g/mol. The van der Waals surface area contributed by atoms with E-state index >= 15 is 0 Å². The minimum Gasteiger partial charge on any atom is -0.506 e. The van der Waals surface area contributed by atoms with Gasteiger partial charge in [-0.15, -0.1) is 0 Å². The number of nitrogens with zero attached hydrogens (tertiary/aromatic N) is 5. The molecule has 0 saturated heterocycles. The van der Waals surface area contributed by atoms with Crippen LogP contribution < -0.4 is 5.73 Å². The zero-order chi connectivity index (χ0) is 27.4. The van der Waals surface area contributed by atoms with E-state index in [-0.39, 0.29) is 23.9 Å². The number of aliphatic hydroxyl groups excluding tert-OH is 2. The number of aliphatic hydroxyl groups is 2. The zero-order valence-corrected chi connectivity index (χ0v) is 21.1. The van der Waals surface area contributed by atoms with Gasteiger partial charge in [0.15, 0.2) is 30.0 Å². The Kier molecular flexibility index (Phi) is 7.88. The molecular formula is C24H30N6O8. The molecule has 0 radical (unpaired) electrons. The van der Waals surface area contributed by atoms with E-state index in [1.807, 2.05) is 6.07 Å². The molecule has 38 heavy (non-hydrogen) atoms. The number of likely N-dealkylation sites (N-methyl/N-ethyl adjacent to an activating group) is 1. The largest absolute Gasteiger partial charge is 0.508 e. The third-order valence-corrected chi connectivity index (χ3v) is 6.75. The SMILES string of the molecule is CN(C)[C@@H](COC(=O)OCC1=C(O)[C@@H](O)[C@](C#N)(c2ccc3c(N)ncnn23)O1)C(=O)OCC1CCCC1. The van der Waals surface area contributed by atoms with Crippen molar-refractivity contribution in [3.63, 3.8) is 0 Å². The Morgan fingerprint density at radius 3 is 2.74 bits per heavy atom. The number of hydrogen-bond acceptors (Lipinski definition) is 13. The van der Waals surface area contributed by atoms with Gasteiger partial charge in [-0.05, 0) is 45.0 Å². The van der Waals surface area contributed by atoms with Gasteiger partial charge in [-0.25, -0.2) is 14.3 Å². The number of fused-ring (bicyclic) bond motifs is 1. The van der Waals surface area contributed by atoms with E-state index in [1.54, 1.807) is 19.0 Å². The van der Waals surface area contributed by atoms with Crippen LogP contribution in [0.5, 0.6) is 0 Å². The fourth-order valence-corrected chi connectivity index (χ4v) is 4.53. The standard InChI is InChI=1S/C24H30N6O8/c1-29(2)16(22(33)35-9-14-5-3-4-6-14)10-36-23(34)37-11-17-19(31)20(32)24(12-25,38-17)18-8-7-15-21(26)27-13-28-30(15)18/h7-8,13-14,16,20,31-32H,3-6,9-11H2,1-2H3,(H2,26,27,28)/t16-,20+,24-/m0/s1. The third kappa shape index (κ3) is 5.15. The Hall–Kier alpha value is -4.09. The van der Waals surface area contributed by atoms with Gasteiger partial charge in [0.1, 0.15) is 36.3 Å². The van der Waals surface area contributed by atoms with Crippen LogP contribution in [0.15, 0.2) is 30.0 Å². The molecule has 14 heteroatoms. The van der Waals surface area contributed by atoms with Crippen molar-refractivity contribution in [1.82, 2.24) is 19.5 Å². The molecule has 0 spiro atoms. The molecule has 0 bridgehead atoms. The predicted octanol–water partition coefficient (Wildman–Crippen LogP) is 1.01. The van der Waals surface area contributed by atoms with Crippen LogP contribution in [0.25, 0.3) is 5.52 Å². The Balaban J connectivity index is 1.35. The summed E-state index contributed by atoms with van der Waals surface area (Å²) in [7, 11) is 3.30. The lowest BCUT2D eigenvalue weighted by atomic mass is 9.94. The predicted molar refractivity (Wildman–Crippen MR) is 129 cm³/mol. The molecule has 0 amide bonds. The lowest BCUT2D eigenvalue weighted by Gasteiger charge is -2.24. The van der Waals surface area contributed by atoms with Crippen molar-refractivity contribution in [2.75, 3.05) is 39.6 Å². The van der Waals surface area contributed by atoms with Gasteiger partial charge in [-0.2, -0.15) is 10.4 Å². The number of anilines is 1. The van der Waals surface area contributed by atoms with Crippen molar-refractivity contribution < 1.29 is 38.7 Å². The minimum absolute atomic E-state index is 0.0747. The second kappa shape index (κ2) is 11.1. The number of nitriles is 1. The first-order chi connectivity index (χ1) is 18.2. The Morgan fingerprint density at radius 2 is 2.05 bits per heavy atom. The second-order valence-corrected chi connectivity index (χ2v) is 9.43. The maximum atomic E-state index is 12.5. The van der Waals surface area contributed by atoms with Crippen LogP contribution in [-0.4, -0.2) is 87.9 Å². The average molecular weight is 531 g/mol. The van der Waals surface area contributed by atoms with Crippen molar-refractivity contribution in [2.45, 2.75) is 43.4 Å². The molecule has 14 nitrogen and oxygen atoms in total. The fraction of sp³-hybridized carbons (Fsp3) is 0.542. The van der Waals surface area contributed by atoms with Crippen LogP contribution >= 0.6 is 0 Å². The summed E-state index contributed by atoms with van der Waals surface area (Å²) in [4.78, 5) is 30.2. The summed E-state index contributed by atoms with van der Waals surface area (Å²) in [6.07, 6.45) is 2.50. The maximum Gasteiger partial charge on any atom is 0.508 e. The first-order valence-electron chi connectivity index (χ1n) is 12.1. The van der Waals surface area contributed by atoms with Gasteiger partial charge < -0.3 is 34.9 Å². The van der Waals surface area contributed by atoms with Gasteiger partial charge in [0.2, 0.25) is 0 Å². The summed E-state index contributed by atoms with van der Waals surface area (Å²) in [5.41, 5.74) is 4.17. The quantitative estimate of drug-likeness (QED) is 0.389. The van der Waals surface area contributed by atoms with Gasteiger partial charge in [0.25, 0.3) is 5.60 Å². The molecule has 4 rings (SSSR count). The number of carbonyl (C=O) groups is 2. The first kappa shape index (κ1) is 27.0. The maximum absolute atomic E-state index is 12.5. The Morgan fingerprint density at radius 1 is 1.32 bits per heavy atom. The molecule has 204 valence electrons. The molecule has 2 aromatic heterocycles. The summed E-state index contributed by atoms with van der Waals surface area (Å²) in [6.45, 7) is -0.648. The van der Waals surface area contributed by atoms with Crippen molar-refractivity contribution in [3.8, 4) is 6.07 Å². The van der Waals surface area contributed by atoms with Crippen LogP contribution in [0.2, 0.25) is 0 Å². The van der Waals surface area contributed by atoms with Crippen LogP contribution in [0, 0.1) is 17.2 Å². The Bertz CT molecular complexity index is 1260. The molecular weight excluding hydrogens is 500 g/mol. The van der Waals surface area contributed by atoms with Crippen LogP contribution in [-0.2, 0) is 29.3 Å². The molecule has 2 aromatic rings. The smallest absolute Gasteiger partial charge is 0.506 e. The molecule has 1 aliphatic heterocycles. The number of nitrogen functional groups attached to an aromatic ring is 1. The number of rotatable bonds is 9. The topological polar surface area (TPSA) is 195 Å². The van der Waals surface area contributed by atoms with Gasteiger partial charge in [0.05, 0.1) is 6.61 Å². The van der Waals surface area contributed by atoms with Gasteiger partial charge in [-0.1, -0.05) is 12.8 Å². The minimum atomic E-state index is -2.10. The number of hydrogen-bond donors (Lipinski definition) is 3. The van der Waals surface area contributed by atoms with Crippen LogP contribution in [0.1, 0.15) is 31.4 Å². The highest BCUT2D eigenvalue weighted by molar-refractivity contribution is 5.76. The van der Waals surface area contributed by atoms with E-state index in [2.05, 4.69) is 10.1 Å². The molecule has 3 atom stereocenters. The third-order valence-electron chi connectivity index (χ3n) is 6.75. The van der Waals surface area contributed by atoms with Gasteiger partial charge in [0, 0.05) is 0 Å². The molecule has 0 unspecified atom stereocenters. The highest BCUT2D eigenvalue weighted by Gasteiger charge is 2.54. The lowest BCUT2D eigenvalue weighted by Crippen LogP contribution is -2.42. The Labute approximate surface area is 218 Å². The lowest BCUT2D eigenvalue weighted by molar-refractivity contribution is -0.152. The summed E-state index contributed by atoms with van der Waals surface area (Å²) in [6, 6.07) is 4.00. The fourth-order valence-electron chi connectivity index (χ4n) is 4.53. The summed E-state index contributed by atoms with van der Waals surface area (Å²) in [5.74, 6) is -1.08. The van der Waals surface area contributed by atoms with Crippen molar-refractivity contribution >= 4 is 23.5 Å². The molecule has 4 N–H and O–H groups in total. The molecule has 1 fully saturated rings. The van der Waals surface area contributed by atoms with Crippen LogP contribution in [0.4, 0.5) is 10.6 Å². The first-order valence-corrected chi connectivity index (χ1v) is 12.1. The van der Waals surface area contributed by atoms with Crippen molar-refractivity contribution in [3.05, 3.63) is 35.7 Å². The molecule has 1 saturated carbocycles. The zero-order valence-electron chi connectivity index (χ0n) is 21.1. The number of ether oxygens (including phenoxy) is 4. The molecule has 2 aliphatic rings. The summed E-state index contributed by atoms with van der Waals surface area (Å²) >= 11 is 0. The average Bonchev–Trinajstić information content (AvgIpc) is 3.62. The number of nitrogens with two attached hydrogens (primary N) is 1. The normalized spacial score (nSPS) is 22.3. The number of carbonyl (C=O) groups excluding carboxylic acids is 2. The summed E-state index contributed by atoms with van der Waals surface area (Å²) < 4.78 is 22.4. The number of esters is 1. The number of aromatic nitrogens is 3. The van der Waals surface area contributed by atoms with E-state index in [4.69, 9.17) is 24.7 Å². The van der Waals surface area contributed by atoms with Gasteiger partial charge >= 0.3 is 12.1 Å². The van der Waals surface area contributed by atoms with Crippen molar-refractivity contribution in [1.29, 1.82) is 5.26 Å². The molecule has 0 aromatic carbocycles. The molecule has 1 aliphatic carbocycles. The molecule has 3 heterocycles. The van der Waals surface area contributed by atoms with E-state index < -0.39 is 42.2 Å². The van der Waals surface area contributed by atoms with E-state index in [0.29, 0.717) is 18.0 Å². The second-order valence-electron chi connectivity index (χ2n) is 9.43. The van der Waals surface area contributed by atoms with Crippen LogP contribution in [0.3, 0.4) is 0 Å². The highest BCUT2D eigenvalue weighted by Crippen LogP contribution is 2.41. The van der Waals surface area contributed by atoms with E-state index in [1.165, 1.54) is 16.6 Å².